The zero-order valence-electron chi connectivity index (χ0n) is 19.1. The minimum atomic E-state index is -3.84. The summed E-state index contributed by atoms with van der Waals surface area (Å²) in [4.78, 5) is 12.9. The van der Waals surface area contributed by atoms with Crippen LogP contribution in [-0.2, 0) is 24.8 Å². The van der Waals surface area contributed by atoms with Crippen molar-refractivity contribution >= 4 is 58.9 Å². The predicted molar refractivity (Wildman–Crippen MR) is 140 cm³/mol. The lowest BCUT2D eigenvalue weighted by atomic mass is 10.2. The Balaban J connectivity index is 1.75. The number of hydrogen-bond donors (Lipinski definition) is 2. The van der Waals surface area contributed by atoms with Gasteiger partial charge in [0.05, 0.1) is 23.9 Å². The lowest BCUT2D eigenvalue weighted by Gasteiger charge is -2.28. The zero-order chi connectivity index (χ0) is 25.8. The van der Waals surface area contributed by atoms with Crippen molar-refractivity contribution in [3.05, 3.63) is 77.3 Å². The van der Waals surface area contributed by atoms with Gasteiger partial charge in [0.15, 0.2) is 0 Å². The maximum absolute atomic E-state index is 12.9. The largest absolute Gasteiger partial charge is 0.497 e. The second kappa shape index (κ2) is 10.7. The number of carbonyl (C=O) groups is 1. The van der Waals surface area contributed by atoms with Crippen LogP contribution in [0.25, 0.3) is 0 Å². The number of amides is 1. The van der Waals surface area contributed by atoms with E-state index in [4.69, 9.17) is 4.74 Å². The molecule has 3 rings (SSSR count). The van der Waals surface area contributed by atoms with Crippen molar-refractivity contribution in [2.75, 3.05) is 27.7 Å². The number of rotatable bonds is 9. The Morgan fingerprint density at radius 3 is 1.94 bits per heavy atom. The van der Waals surface area contributed by atoms with Crippen molar-refractivity contribution in [1.82, 2.24) is 0 Å². The molecule has 0 bridgehead atoms. The highest BCUT2D eigenvalue weighted by molar-refractivity contribution is 9.10. The summed E-state index contributed by atoms with van der Waals surface area (Å²) in [5, 5.41) is 2.63. The lowest BCUT2D eigenvalue weighted by Crippen LogP contribution is -2.45. The van der Waals surface area contributed by atoms with Gasteiger partial charge in [0.25, 0.3) is 10.0 Å². The fraction of sp³-hybridized carbons (Fsp3) is 0.174. The fourth-order valence-electron chi connectivity index (χ4n) is 3.23. The van der Waals surface area contributed by atoms with Crippen LogP contribution in [0.5, 0.6) is 5.75 Å². The Labute approximate surface area is 213 Å². The molecule has 0 aliphatic rings. The number of benzene rings is 3. The van der Waals surface area contributed by atoms with Gasteiger partial charge in [-0.2, -0.15) is 0 Å². The SMILES string of the molecule is COc1ccc(N([C@H](C)C(=O)Nc2ccc(S(=O)(=O)Nc3ccc(Br)cc3)cc2)S(C)(=O)=O)cc1. The van der Waals surface area contributed by atoms with E-state index in [2.05, 4.69) is 26.0 Å². The van der Waals surface area contributed by atoms with Gasteiger partial charge in [0.2, 0.25) is 15.9 Å². The standard InChI is InChI=1S/C23H24BrN3O6S2/c1-16(27(34(3,29)30)20-10-12-21(33-2)13-11-20)23(28)25-18-8-14-22(15-9-18)35(31,32)26-19-6-4-17(24)5-7-19/h4-16,26H,1-3H3,(H,25,28)/t16-/m1/s1. The minimum absolute atomic E-state index is 0.00228. The fourth-order valence-corrected chi connectivity index (χ4v) is 5.73. The molecule has 0 radical (unpaired) electrons. The first kappa shape index (κ1) is 26.5. The highest BCUT2D eigenvalue weighted by Crippen LogP contribution is 2.25. The number of halogens is 1. The maximum Gasteiger partial charge on any atom is 0.261 e. The topological polar surface area (TPSA) is 122 Å². The number of sulfonamides is 2. The zero-order valence-corrected chi connectivity index (χ0v) is 22.3. The van der Waals surface area contributed by atoms with Gasteiger partial charge in [-0.05, 0) is 79.7 Å². The molecule has 0 unspecified atom stereocenters. The van der Waals surface area contributed by atoms with Crippen molar-refractivity contribution in [3.8, 4) is 5.75 Å². The highest BCUT2D eigenvalue weighted by atomic mass is 79.9. The number of anilines is 3. The predicted octanol–water partition coefficient (Wildman–Crippen LogP) is 4.05. The second-order valence-electron chi connectivity index (χ2n) is 7.56. The number of carbonyl (C=O) groups excluding carboxylic acids is 1. The Hall–Kier alpha value is -3.09. The summed E-state index contributed by atoms with van der Waals surface area (Å²) >= 11 is 3.29. The molecule has 0 fully saturated rings. The van der Waals surface area contributed by atoms with Crippen LogP contribution < -0.4 is 19.1 Å². The van der Waals surface area contributed by atoms with Crippen LogP contribution in [0.2, 0.25) is 0 Å². The van der Waals surface area contributed by atoms with Crippen molar-refractivity contribution in [2.45, 2.75) is 17.9 Å². The third-order valence-electron chi connectivity index (χ3n) is 4.94. The van der Waals surface area contributed by atoms with Crippen LogP contribution in [-0.4, -0.2) is 42.2 Å². The first-order valence-corrected chi connectivity index (χ1v) is 14.4. The normalized spacial score (nSPS) is 12.5. The van der Waals surface area contributed by atoms with E-state index >= 15 is 0 Å². The van der Waals surface area contributed by atoms with Crippen LogP contribution in [0, 0.1) is 0 Å². The molecule has 9 nitrogen and oxygen atoms in total. The van der Waals surface area contributed by atoms with E-state index in [-0.39, 0.29) is 4.90 Å². The monoisotopic (exact) mass is 581 g/mol. The summed E-state index contributed by atoms with van der Waals surface area (Å²) in [6.07, 6.45) is 1.01. The quantitative estimate of drug-likeness (QED) is 0.393. The molecule has 186 valence electrons. The minimum Gasteiger partial charge on any atom is -0.497 e. The molecular formula is C23H24BrN3O6S2. The van der Waals surface area contributed by atoms with E-state index < -0.39 is 32.0 Å². The summed E-state index contributed by atoms with van der Waals surface area (Å²) in [6.45, 7) is 1.46. The first-order valence-electron chi connectivity index (χ1n) is 10.2. The molecule has 0 aliphatic carbocycles. The molecule has 0 aromatic heterocycles. The van der Waals surface area contributed by atoms with E-state index in [1.54, 1.807) is 48.5 Å². The van der Waals surface area contributed by atoms with Gasteiger partial charge in [-0.25, -0.2) is 16.8 Å². The molecule has 12 heteroatoms. The molecule has 1 amide bonds. The van der Waals surface area contributed by atoms with Crippen LogP contribution >= 0.6 is 15.9 Å². The van der Waals surface area contributed by atoms with Gasteiger partial charge in [-0.1, -0.05) is 15.9 Å². The van der Waals surface area contributed by atoms with Gasteiger partial charge in [-0.15, -0.1) is 0 Å². The molecule has 1 atom stereocenters. The summed E-state index contributed by atoms with van der Waals surface area (Å²) < 4.78 is 59.6. The summed E-state index contributed by atoms with van der Waals surface area (Å²) in [7, 11) is -6.14. The van der Waals surface area contributed by atoms with Crippen LogP contribution in [0.4, 0.5) is 17.1 Å². The third kappa shape index (κ3) is 6.74. The lowest BCUT2D eigenvalue weighted by molar-refractivity contribution is -0.116. The van der Waals surface area contributed by atoms with E-state index in [0.717, 1.165) is 15.0 Å². The van der Waals surface area contributed by atoms with Gasteiger partial charge < -0.3 is 10.1 Å². The molecule has 0 heterocycles. The third-order valence-corrected chi connectivity index (χ3v) is 8.11. The van der Waals surface area contributed by atoms with Gasteiger partial charge in [0.1, 0.15) is 11.8 Å². The van der Waals surface area contributed by atoms with Crippen molar-refractivity contribution in [1.29, 1.82) is 0 Å². The van der Waals surface area contributed by atoms with Crippen molar-refractivity contribution < 1.29 is 26.4 Å². The smallest absolute Gasteiger partial charge is 0.261 e. The molecule has 0 saturated carbocycles. The molecule has 0 spiro atoms. The van der Waals surface area contributed by atoms with E-state index in [1.165, 1.54) is 38.3 Å². The molecule has 3 aromatic rings. The molecule has 0 aliphatic heterocycles. The maximum atomic E-state index is 12.9. The number of ether oxygens (including phenoxy) is 1. The molecule has 0 saturated heterocycles. The molecule has 3 aromatic carbocycles. The van der Waals surface area contributed by atoms with Crippen LogP contribution in [0.15, 0.2) is 82.2 Å². The van der Waals surface area contributed by atoms with E-state index in [1.807, 2.05) is 0 Å². The average molecular weight is 582 g/mol. The van der Waals surface area contributed by atoms with Gasteiger partial charge >= 0.3 is 0 Å². The average Bonchev–Trinajstić information content (AvgIpc) is 2.80. The highest BCUT2D eigenvalue weighted by Gasteiger charge is 2.29. The number of hydrogen-bond acceptors (Lipinski definition) is 6. The Bertz CT molecular complexity index is 1390. The van der Waals surface area contributed by atoms with Gasteiger partial charge in [-0.3, -0.25) is 13.8 Å². The Kier molecular flexibility index (Phi) is 8.08. The van der Waals surface area contributed by atoms with Gasteiger partial charge in [0, 0.05) is 15.8 Å². The second-order valence-corrected chi connectivity index (χ2v) is 12.0. The number of nitrogens with one attached hydrogen (secondary N) is 2. The van der Waals surface area contributed by atoms with E-state index in [9.17, 15) is 21.6 Å². The molecule has 35 heavy (non-hydrogen) atoms. The number of nitrogens with zero attached hydrogens (tertiary/aromatic N) is 1. The molecular weight excluding hydrogens is 558 g/mol. The summed E-state index contributed by atoms with van der Waals surface area (Å²) in [5.74, 6) is -0.0428. The number of methoxy groups -OCH3 is 1. The Morgan fingerprint density at radius 2 is 1.43 bits per heavy atom. The van der Waals surface area contributed by atoms with Crippen LogP contribution in [0.3, 0.4) is 0 Å². The molecule has 2 N–H and O–H groups in total. The Morgan fingerprint density at radius 1 is 0.886 bits per heavy atom. The first-order chi connectivity index (χ1) is 16.4. The summed E-state index contributed by atoms with van der Waals surface area (Å²) in [5.41, 5.74) is 1.02. The van der Waals surface area contributed by atoms with Crippen molar-refractivity contribution in [2.24, 2.45) is 0 Å². The summed E-state index contributed by atoms with van der Waals surface area (Å²) in [6, 6.07) is 17.4. The van der Waals surface area contributed by atoms with Crippen LogP contribution in [0.1, 0.15) is 6.92 Å². The van der Waals surface area contributed by atoms with Crippen molar-refractivity contribution in [3.63, 3.8) is 0 Å². The van der Waals surface area contributed by atoms with E-state index in [0.29, 0.717) is 22.8 Å².